The number of nitrogens with zero attached hydrogens (tertiary/aromatic N) is 2. The fourth-order valence-electron chi connectivity index (χ4n) is 2.01. The van der Waals surface area contributed by atoms with Gasteiger partial charge >= 0.3 is 5.97 Å². The summed E-state index contributed by atoms with van der Waals surface area (Å²) in [6.45, 7) is 5.49. The lowest BCUT2D eigenvalue weighted by molar-refractivity contribution is 0.0687. The lowest BCUT2D eigenvalue weighted by atomic mass is 10.2. The monoisotopic (exact) mass is 308 g/mol. The Morgan fingerprint density at radius 3 is 2.56 bits per heavy atom. The number of hydrogen-bond donors (Lipinski definition) is 1. The van der Waals surface area contributed by atoms with Gasteiger partial charge < -0.3 is 5.11 Å². The SMILES string of the molecule is Cc1ccc(-n2c(C)nc(C)c2C(=O)O)c(Br)c1. The first-order chi connectivity index (χ1) is 8.41. The number of aromatic carboxylic acids is 1. The molecule has 0 aliphatic carbocycles. The third-order valence-electron chi connectivity index (χ3n) is 2.77. The van der Waals surface area contributed by atoms with E-state index in [1.807, 2.05) is 25.1 Å². The summed E-state index contributed by atoms with van der Waals surface area (Å²) < 4.78 is 2.51. The van der Waals surface area contributed by atoms with Gasteiger partial charge in [0.2, 0.25) is 0 Å². The van der Waals surface area contributed by atoms with E-state index in [9.17, 15) is 9.90 Å². The minimum Gasteiger partial charge on any atom is -0.477 e. The van der Waals surface area contributed by atoms with Crippen molar-refractivity contribution < 1.29 is 9.90 Å². The largest absolute Gasteiger partial charge is 0.477 e. The molecule has 0 amide bonds. The molecular formula is C13H13BrN2O2. The molecule has 1 aromatic carbocycles. The highest BCUT2D eigenvalue weighted by atomic mass is 79.9. The van der Waals surface area contributed by atoms with E-state index in [-0.39, 0.29) is 5.69 Å². The second-order valence-corrected chi connectivity index (χ2v) is 5.04. The summed E-state index contributed by atoms with van der Waals surface area (Å²) in [5.74, 6) is -0.310. The minimum absolute atomic E-state index is 0.206. The molecular weight excluding hydrogens is 296 g/mol. The van der Waals surface area contributed by atoms with Crippen LogP contribution in [0.2, 0.25) is 0 Å². The van der Waals surface area contributed by atoms with Gasteiger partial charge in [0.05, 0.1) is 11.4 Å². The molecule has 1 aromatic heterocycles. The van der Waals surface area contributed by atoms with Crippen molar-refractivity contribution in [3.8, 4) is 5.69 Å². The molecule has 5 heteroatoms. The molecule has 2 aromatic rings. The summed E-state index contributed by atoms with van der Waals surface area (Å²) in [7, 11) is 0. The van der Waals surface area contributed by atoms with Gasteiger partial charge in [0, 0.05) is 4.47 Å². The summed E-state index contributed by atoms with van der Waals surface area (Å²) in [4.78, 5) is 15.6. The number of halogens is 1. The van der Waals surface area contributed by atoms with Crippen molar-refractivity contribution in [3.63, 3.8) is 0 Å². The molecule has 0 atom stereocenters. The molecule has 1 heterocycles. The first-order valence-electron chi connectivity index (χ1n) is 5.47. The summed E-state index contributed by atoms with van der Waals surface area (Å²) in [6.07, 6.45) is 0. The van der Waals surface area contributed by atoms with Crippen LogP contribution in [0.4, 0.5) is 0 Å². The van der Waals surface area contributed by atoms with E-state index in [0.717, 1.165) is 15.7 Å². The topological polar surface area (TPSA) is 55.1 Å². The van der Waals surface area contributed by atoms with Gasteiger partial charge in [-0.3, -0.25) is 4.57 Å². The van der Waals surface area contributed by atoms with Crippen LogP contribution in [-0.4, -0.2) is 20.6 Å². The Kier molecular flexibility index (Phi) is 3.26. The molecule has 0 radical (unpaired) electrons. The third-order valence-corrected chi connectivity index (χ3v) is 3.40. The zero-order valence-corrected chi connectivity index (χ0v) is 11.9. The van der Waals surface area contributed by atoms with Gasteiger partial charge in [-0.1, -0.05) is 6.07 Å². The molecule has 0 fully saturated rings. The van der Waals surface area contributed by atoms with E-state index in [0.29, 0.717) is 11.5 Å². The number of carboxylic acids is 1. The molecule has 0 spiro atoms. The maximum atomic E-state index is 11.3. The predicted molar refractivity (Wildman–Crippen MR) is 72.4 cm³/mol. The molecule has 0 unspecified atom stereocenters. The molecule has 4 nitrogen and oxygen atoms in total. The number of aryl methyl sites for hydroxylation is 3. The van der Waals surface area contributed by atoms with Crippen molar-refractivity contribution in [1.82, 2.24) is 9.55 Å². The van der Waals surface area contributed by atoms with Crippen molar-refractivity contribution in [3.05, 3.63) is 45.4 Å². The van der Waals surface area contributed by atoms with Crippen molar-refractivity contribution in [2.45, 2.75) is 20.8 Å². The second kappa shape index (κ2) is 4.57. The maximum Gasteiger partial charge on any atom is 0.354 e. The number of rotatable bonds is 2. The van der Waals surface area contributed by atoms with Gasteiger partial charge in [-0.15, -0.1) is 0 Å². The highest BCUT2D eigenvalue weighted by Crippen LogP contribution is 2.26. The van der Waals surface area contributed by atoms with E-state index in [2.05, 4.69) is 20.9 Å². The summed E-state index contributed by atoms with van der Waals surface area (Å²) in [5.41, 5.74) is 2.62. The molecule has 2 rings (SSSR count). The first kappa shape index (κ1) is 12.8. The lowest BCUT2D eigenvalue weighted by Crippen LogP contribution is -2.09. The molecule has 0 aliphatic heterocycles. The zero-order chi connectivity index (χ0) is 13.4. The van der Waals surface area contributed by atoms with Gasteiger partial charge in [-0.25, -0.2) is 9.78 Å². The molecule has 0 aliphatic rings. The fourth-order valence-corrected chi connectivity index (χ4v) is 2.68. The van der Waals surface area contributed by atoms with Crippen LogP contribution < -0.4 is 0 Å². The second-order valence-electron chi connectivity index (χ2n) is 4.19. The Morgan fingerprint density at radius 2 is 2.00 bits per heavy atom. The van der Waals surface area contributed by atoms with Gasteiger partial charge in [0.25, 0.3) is 0 Å². The van der Waals surface area contributed by atoms with E-state index >= 15 is 0 Å². The Hall–Kier alpha value is -1.62. The normalized spacial score (nSPS) is 10.7. The van der Waals surface area contributed by atoms with Crippen molar-refractivity contribution in [2.24, 2.45) is 0 Å². The van der Waals surface area contributed by atoms with Crippen LogP contribution in [0.5, 0.6) is 0 Å². The number of carboxylic acid groups (broad SMARTS) is 1. The van der Waals surface area contributed by atoms with Crippen LogP contribution in [0.25, 0.3) is 5.69 Å². The van der Waals surface area contributed by atoms with Crippen LogP contribution in [-0.2, 0) is 0 Å². The van der Waals surface area contributed by atoms with E-state index in [1.54, 1.807) is 18.4 Å². The van der Waals surface area contributed by atoms with Crippen LogP contribution >= 0.6 is 15.9 Å². The molecule has 0 saturated carbocycles. The van der Waals surface area contributed by atoms with Crippen LogP contribution in [0.1, 0.15) is 27.6 Å². The Balaban J connectivity index is 2.74. The number of benzene rings is 1. The highest BCUT2D eigenvalue weighted by Gasteiger charge is 2.20. The predicted octanol–water partition coefficient (Wildman–Crippen LogP) is 3.26. The van der Waals surface area contributed by atoms with Crippen molar-refractivity contribution in [2.75, 3.05) is 0 Å². The third kappa shape index (κ3) is 2.06. The van der Waals surface area contributed by atoms with Crippen LogP contribution in [0.15, 0.2) is 22.7 Å². The zero-order valence-electron chi connectivity index (χ0n) is 10.4. The fraction of sp³-hybridized carbons (Fsp3) is 0.231. The Morgan fingerprint density at radius 1 is 1.33 bits per heavy atom. The highest BCUT2D eigenvalue weighted by molar-refractivity contribution is 9.10. The smallest absolute Gasteiger partial charge is 0.354 e. The molecule has 0 saturated heterocycles. The van der Waals surface area contributed by atoms with E-state index in [1.165, 1.54) is 0 Å². The number of carbonyl (C=O) groups is 1. The van der Waals surface area contributed by atoms with Gasteiger partial charge in [-0.2, -0.15) is 0 Å². The first-order valence-corrected chi connectivity index (χ1v) is 6.27. The molecule has 18 heavy (non-hydrogen) atoms. The average Bonchev–Trinajstić information content (AvgIpc) is 2.53. The summed E-state index contributed by atoms with van der Waals surface area (Å²) in [5, 5.41) is 9.29. The van der Waals surface area contributed by atoms with Crippen LogP contribution in [0, 0.1) is 20.8 Å². The maximum absolute atomic E-state index is 11.3. The van der Waals surface area contributed by atoms with Gasteiger partial charge in [-0.05, 0) is 54.4 Å². The van der Waals surface area contributed by atoms with Gasteiger partial charge in [0.15, 0.2) is 5.69 Å². The lowest BCUT2D eigenvalue weighted by Gasteiger charge is -2.11. The van der Waals surface area contributed by atoms with Crippen LogP contribution in [0.3, 0.4) is 0 Å². The minimum atomic E-state index is -0.972. The summed E-state index contributed by atoms with van der Waals surface area (Å²) >= 11 is 3.47. The van der Waals surface area contributed by atoms with Crippen molar-refractivity contribution in [1.29, 1.82) is 0 Å². The van der Waals surface area contributed by atoms with Gasteiger partial charge in [0.1, 0.15) is 5.82 Å². The molecule has 0 bridgehead atoms. The van der Waals surface area contributed by atoms with E-state index < -0.39 is 5.97 Å². The quantitative estimate of drug-likeness (QED) is 0.926. The molecule has 1 N–H and O–H groups in total. The van der Waals surface area contributed by atoms with Crippen molar-refractivity contribution >= 4 is 21.9 Å². The van der Waals surface area contributed by atoms with E-state index in [4.69, 9.17) is 0 Å². The number of imidazole rings is 1. The average molecular weight is 309 g/mol. The summed E-state index contributed by atoms with van der Waals surface area (Å²) in [6, 6.07) is 5.79. The number of hydrogen-bond acceptors (Lipinski definition) is 2. The Bertz CT molecular complexity index is 632. The standard InChI is InChI=1S/C13H13BrN2O2/c1-7-4-5-11(10(14)6-7)16-9(3)15-8(2)12(16)13(17)18/h4-6H,1-3H3,(H,17,18). The number of aromatic nitrogens is 2. The Labute approximate surface area is 113 Å². The molecule has 94 valence electrons.